The van der Waals surface area contributed by atoms with Crippen molar-refractivity contribution in [3.05, 3.63) is 29.8 Å². The van der Waals surface area contributed by atoms with Crippen LogP contribution in [0.1, 0.15) is 30.7 Å². The molecule has 1 atom stereocenters. The summed E-state index contributed by atoms with van der Waals surface area (Å²) < 4.78 is 11.1. The maximum Gasteiger partial charge on any atom is 0.122 e. The fraction of sp³-hybridized carbons (Fsp3) is 0.600. The first-order chi connectivity index (χ1) is 8.93. The van der Waals surface area contributed by atoms with Gasteiger partial charge in [0.05, 0.1) is 6.61 Å². The molecule has 2 aliphatic rings. The Morgan fingerprint density at radius 1 is 1.06 bits per heavy atom. The van der Waals surface area contributed by atoms with Crippen molar-refractivity contribution in [1.82, 2.24) is 5.32 Å². The van der Waals surface area contributed by atoms with Crippen LogP contribution in [0, 0.1) is 0 Å². The lowest BCUT2D eigenvalue weighted by Gasteiger charge is -2.29. The number of hydrogen-bond donors (Lipinski definition) is 1. The van der Waals surface area contributed by atoms with E-state index >= 15 is 0 Å². The molecule has 98 valence electrons. The molecule has 1 saturated heterocycles. The van der Waals surface area contributed by atoms with Crippen LogP contribution in [0.15, 0.2) is 24.3 Å². The van der Waals surface area contributed by atoms with Gasteiger partial charge in [-0.25, -0.2) is 0 Å². The van der Waals surface area contributed by atoms with Gasteiger partial charge in [0.2, 0.25) is 0 Å². The van der Waals surface area contributed by atoms with Gasteiger partial charge in [-0.15, -0.1) is 0 Å². The van der Waals surface area contributed by atoms with Gasteiger partial charge in [-0.1, -0.05) is 18.2 Å². The SMILES string of the molecule is c1ccc2c(c1)OCCC2CNC1CCOCC1. The van der Waals surface area contributed by atoms with E-state index in [1.54, 1.807) is 0 Å². The molecule has 1 fully saturated rings. The fourth-order valence-corrected chi connectivity index (χ4v) is 2.84. The second-order valence-electron chi connectivity index (χ2n) is 5.17. The van der Waals surface area contributed by atoms with E-state index < -0.39 is 0 Å². The van der Waals surface area contributed by atoms with Gasteiger partial charge in [-0.05, 0) is 30.9 Å². The van der Waals surface area contributed by atoms with Crippen LogP contribution < -0.4 is 10.1 Å². The molecular formula is C15H21NO2. The first kappa shape index (κ1) is 12.0. The van der Waals surface area contributed by atoms with Gasteiger partial charge in [0.15, 0.2) is 0 Å². The summed E-state index contributed by atoms with van der Waals surface area (Å²) in [5.74, 6) is 1.67. The van der Waals surface area contributed by atoms with Gasteiger partial charge < -0.3 is 14.8 Å². The Hall–Kier alpha value is -1.06. The third-order valence-corrected chi connectivity index (χ3v) is 3.96. The molecule has 18 heavy (non-hydrogen) atoms. The summed E-state index contributed by atoms with van der Waals surface area (Å²) in [6, 6.07) is 9.07. The Bertz CT molecular complexity index is 388. The summed E-state index contributed by atoms with van der Waals surface area (Å²) in [5, 5.41) is 3.70. The largest absolute Gasteiger partial charge is 0.493 e. The average molecular weight is 247 g/mol. The van der Waals surface area contributed by atoms with Crippen LogP contribution in [0.25, 0.3) is 0 Å². The normalized spacial score (nSPS) is 24.3. The second-order valence-corrected chi connectivity index (χ2v) is 5.17. The van der Waals surface area contributed by atoms with Gasteiger partial charge in [0.25, 0.3) is 0 Å². The lowest BCUT2D eigenvalue weighted by Crippen LogP contribution is -2.38. The molecule has 2 aliphatic heterocycles. The second kappa shape index (κ2) is 5.72. The number of para-hydroxylation sites is 1. The molecular weight excluding hydrogens is 226 g/mol. The van der Waals surface area contributed by atoms with E-state index in [0.29, 0.717) is 12.0 Å². The third kappa shape index (κ3) is 2.68. The molecule has 0 aromatic heterocycles. The minimum Gasteiger partial charge on any atom is -0.493 e. The summed E-state index contributed by atoms with van der Waals surface area (Å²) >= 11 is 0. The Balaban J connectivity index is 1.60. The smallest absolute Gasteiger partial charge is 0.122 e. The van der Waals surface area contributed by atoms with E-state index in [4.69, 9.17) is 9.47 Å². The fourth-order valence-electron chi connectivity index (χ4n) is 2.84. The van der Waals surface area contributed by atoms with Crippen LogP contribution in [0.3, 0.4) is 0 Å². The van der Waals surface area contributed by atoms with Crippen LogP contribution in [0.5, 0.6) is 5.75 Å². The molecule has 1 aromatic carbocycles. The molecule has 0 amide bonds. The number of nitrogens with one attached hydrogen (secondary N) is 1. The molecule has 2 heterocycles. The van der Waals surface area contributed by atoms with E-state index in [1.807, 2.05) is 6.07 Å². The molecule has 0 bridgehead atoms. The number of fused-ring (bicyclic) bond motifs is 1. The van der Waals surface area contributed by atoms with Gasteiger partial charge in [0, 0.05) is 31.7 Å². The van der Waals surface area contributed by atoms with Crippen LogP contribution in [-0.4, -0.2) is 32.4 Å². The Kier molecular flexibility index (Phi) is 3.81. The highest BCUT2D eigenvalue weighted by atomic mass is 16.5. The topological polar surface area (TPSA) is 30.5 Å². The highest BCUT2D eigenvalue weighted by Gasteiger charge is 2.22. The summed E-state index contributed by atoms with van der Waals surface area (Å²) in [6.45, 7) is 3.71. The van der Waals surface area contributed by atoms with Crippen LogP contribution in [0.4, 0.5) is 0 Å². The molecule has 3 nitrogen and oxygen atoms in total. The van der Waals surface area contributed by atoms with Crippen molar-refractivity contribution in [3.8, 4) is 5.75 Å². The van der Waals surface area contributed by atoms with E-state index in [0.717, 1.165) is 51.4 Å². The molecule has 0 aliphatic carbocycles. The standard InChI is InChI=1S/C15H21NO2/c1-2-4-15-14(3-1)12(5-10-18-15)11-16-13-6-8-17-9-7-13/h1-4,12-13,16H,5-11H2. The minimum absolute atomic E-state index is 0.595. The Morgan fingerprint density at radius 3 is 2.78 bits per heavy atom. The first-order valence-electron chi connectivity index (χ1n) is 6.96. The highest BCUT2D eigenvalue weighted by molar-refractivity contribution is 5.37. The average Bonchev–Trinajstić information content (AvgIpc) is 2.46. The van der Waals surface area contributed by atoms with Crippen molar-refractivity contribution >= 4 is 0 Å². The predicted molar refractivity (Wildman–Crippen MR) is 71.1 cm³/mol. The minimum atomic E-state index is 0.595. The molecule has 3 heteroatoms. The number of hydrogen-bond acceptors (Lipinski definition) is 3. The van der Waals surface area contributed by atoms with Crippen molar-refractivity contribution in [2.24, 2.45) is 0 Å². The van der Waals surface area contributed by atoms with Gasteiger partial charge in [-0.3, -0.25) is 0 Å². The quantitative estimate of drug-likeness (QED) is 0.889. The zero-order valence-electron chi connectivity index (χ0n) is 10.7. The maximum absolute atomic E-state index is 5.70. The molecule has 3 rings (SSSR count). The molecule has 1 N–H and O–H groups in total. The summed E-state index contributed by atoms with van der Waals surface area (Å²) in [4.78, 5) is 0. The van der Waals surface area contributed by atoms with Crippen molar-refractivity contribution in [2.45, 2.75) is 31.2 Å². The molecule has 0 spiro atoms. The number of ether oxygens (including phenoxy) is 2. The van der Waals surface area contributed by atoms with Crippen molar-refractivity contribution < 1.29 is 9.47 Å². The van der Waals surface area contributed by atoms with Gasteiger partial charge >= 0.3 is 0 Å². The lowest BCUT2D eigenvalue weighted by molar-refractivity contribution is 0.0772. The van der Waals surface area contributed by atoms with E-state index in [2.05, 4.69) is 23.5 Å². The van der Waals surface area contributed by atoms with Gasteiger partial charge in [-0.2, -0.15) is 0 Å². The van der Waals surface area contributed by atoms with Crippen LogP contribution in [0.2, 0.25) is 0 Å². The summed E-state index contributed by atoms with van der Waals surface area (Å²) in [6.07, 6.45) is 3.41. The molecule has 0 radical (unpaired) electrons. The van der Waals surface area contributed by atoms with Crippen molar-refractivity contribution in [3.63, 3.8) is 0 Å². The first-order valence-corrected chi connectivity index (χ1v) is 6.96. The molecule has 1 aromatic rings. The van der Waals surface area contributed by atoms with E-state index in [-0.39, 0.29) is 0 Å². The Morgan fingerprint density at radius 2 is 1.89 bits per heavy atom. The van der Waals surface area contributed by atoms with Crippen LogP contribution in [-0.2, 0) is 4.74 Å². The van der Waals surface area contributed by atoms with E-state index in [1.165, 1.54) is 5.56 Å². The Labute approximate surface area is 108 Å². The summed E-state index contributed by atoms with van der Waals surface area (Å²) in [5.41, 5.74) is 1.36. The molecule has 1 unspecified atom stereocenters. The van der Waals surface area contributed by atoms with Crippen LogP contribution >= 0.6 is 0 Å². The van der Waals surface area contributed by atoms with E-state index in [9.17, 15) is 0 Å². The predicted octanol–water partition coefficient (Wildman–Crippen LogP) is 2.32. The third-order valence-electron chi connectivity index (χ3n) is 3.96. The summed E-state index contributed by atoms with van der Waals surface area (Å²) in [7, 11) is 0. The number of rotatable bonds is 3. The van der Waals surface area contributed by atoms with Crippen molar-refractivity contribution in [2.75, 3.05) is 26.4 Å². The zero-order chi connectivity index (χ0) is 12.2. The molecule has 0 saturated carbocycles. The number of benzene rings is 1. The highest BCUT2D eigenvalue weighted by Crippen LogP contribution is 2.32. The zero-order valence-corrected chi connectivity index (χ0v) is 10.7. The lowest BCUT2D eigenvalue weighted by atomic mass is 9.92. The van der Waals surface area contributed by atoms with Crippen molar-refractivity contribution in [1.29, 1.82) is 0 Å². The monoisotopic (exact) mass is 247 g/mol. The maximum atomic E-state index is 5.70. The van der Waals surface area contributed by atoms with Gasteiger partial charge in [0.1, 0.15) is 5.75 Å².